The standard InChI is InChI=1S/C19H17NO4/c1-12(19(22)23-2)20-18(21)16-14-10-6-7-11-15(14)24-17(16)13-8-4-3-5-9-13/h3-12H,1-2H3,(H,20,21)/t12-/m1/s1. The molecule has 24 heavy (non-hydrogen) atoms. The van der Waals surface area contributed by atoms with Crippen molar-refractivity contribution in [2.75, 3.05) is 7.11 Å². The monoisotopic (exact) mass is 323 g/mol. The smallest absolute Gasteiger partial charge is 0.328 e. The number of carbonyl (C=O) groups is 2. The van der Waals surface area contributed by atoms with Crippen LogP contribution in [-0.2, 0) is 9.53 Å². The third-order valence-corrected chi connectivity index (χ3v) is 3.76. The van der Waals surface area contributed by atoms with Crippen molar-refractivity contribution in [1.29, 1.82) is 0 Å². The Labute approximate surface area is 139 Å². The Morgan fingerprint density at radius 2 is 1.71 bits per heavy atom. The van der Waals surface area contributed by atoms with E-state index >= 15 is 0 Å². The van der Waals surface area contributed by atoms with E-state index in [1.807, 2.05) is 54.6 Å². The topological polar surface area (TPSA) is 68.5 Å². The molecule has 2 aromatic carbocycles. The second kappa shape index (κ2) is 6.58. The number of carbonyl (C=O) groups excluding carboxylic acids is 2. The fraction of sp³-hybridized carbons (Fsp3) is 0.158. The predicted octanol–water partition coefficient (Wildman–Crippen LogP) is 3.39. The highest BCUT2D eigenvalue weighted by Crippen LogP contribution is 2.33. The minimum Gasteiger partial charge on any atom is -0.467 e. The lowest BCUT2D eigenvalue weighted by Crippen LogP contribution is -2.39. The zero-order valence-electron chi connectivity index (χ0n) is 13.4. The zero-order valence-corrected chi connectivity index (χ0v) is 13.4. The fourth-order valence-electron chi connectivity index (χ4n) is 2.57. The lowest BCUT2D eigenvalue weighted by atomic mass is 10.0. The van der Waals surface area contributed by atoms with Crippen molar-refractivity contribution in [2.24, 2.45) is 0 Å². The number of benzene rings is 2. The van der Waals surface area contributed by atoms with Crippen LogP contribution in [0.3, 0.4) is 0 Å². The summed E-state index contributed by atoms with van der Waals surface area (Å²) in [7, 11) is 1.29. The first kappa shape index (κ1) is 15.8. The van der Waals surface area contributed by atoms with Gasteiger partial charge in [0.15, 0.2) is 0 Å². The van der Waals surface area contributed by atoms with Gasteiger partial charge >= 0.3 is 5.97 Å². The van der Waals surface area contributed by atoms with E-state index < -0.39 is 12.0 Å². The second-order valence-electron chi connectivity index (χ2n) is 5.39. The molecule has 0 unspecified atom stereocenters. The molecule has 1 heterocycles. The second-order valence-corrected chi connectivity index (χ2v) is 5.39. The molecule has 5 heteroatoms. The lowest BCUT2D eigenvalue weighted by Gasteiger charge is -2.11. The van der Waals surface area contributed by atoms with E-state index in [2.05, 4.69) is 10.1 Å². The van der Waals surface area contributed by atoms with Gasteiger partial charge in [0, 0.05) is 10.9 Å². The number of nitrogens with one attached hydrogen (secondary N) is 1. The Bertz CT molecular complexity index is 883. The third kappa shape index (κ3) is 2.88. The summed E-state index contributed by atoms with van der Waals surface area (Å²) in [5.74, 6) is -0.402. The van der Waals surface area contributed by atoms with Crippen LogP contribution in [0.4, 0.5) is 0 Å². The van der Waals surface area contributed by atoms with E-state index in [9.17, 15) is 9.59 Å². The number of methoxy groups -OCH3 is 1. The Morgan fingerprint density at radius 3 is 2.42 bits per heavy atom. The maximum Gasteiger partial charge on any atom is 0.328 e. The maximum absolute atomic E-state index is 12.8. The average Bonchev–Trinajstić information content (AvgIpc) is 3.01. The van der Waals surface area contributed by atoms with E-state index in [1.54, 1.807) is 6.92 Å². The SMILES string of the molecule is COC(=O)[C@@H](C)NC(=O)c1c(-c2ccccc2)oc2ccccc12. The van der Waals surface area contributed by atoms with E-state index in [0.717, 1.165) is 5.56 Å². The quantitative estimate of drug-likeness (QED) is 0.747. The van der Waals surface area contributed by atoms with E-state index in [0.29, 0.717) is 22.3 Å². The number of amides is 1. The molecule has 0 saturated heterocycles. The Hall–Kier alpha value is -3.08. The number of furan rings is 1. The molecule has 0 bridgehead atoms. The third-order valence-electron chi connectivity index (χ3n) is 3.76. The molecule has 3 aromatic rings. The van der Waals surface area contributed by atoms with Crippen molar-refractivity contribution < 1.29 is 18.7 Å². The van der Waals surface area contributed by atoms with Gasteiger partial charge in [0.25, 0.3) is 5.91 Å². The first-order valence-corrected chi connectivity index (χ1v) is 7.57. The van der Waals surface area contributed by atoms with Crippen LogP contribution in [0.5, 0.6) is 0 Å². The van der Waals surface area contributed by atoms with Gasteiger partial charge < -0.3 is 14.5 Å². The van der Waals surface area contributed by atoms with E-state index in [1.165, 1.54) is 7.11 Å². The largest absolute Gasteiger partial charge is 0.467 e. The minimum absolute atomic E-state index is 0.378. The predicted molar refractivity (Wildman–Crippen MR) is 90.6 cm³/mol. The summed E-state index contributed by atoms with van der Waals surface area (Å²) in [6.45, 7) is 1.58. The van der Waals surface area contributed by atoms with Gasteiger partial charge in [-0.05, 0) is 13.0 Å². The maximum atomic E-state index is 12.8. The molecule has 0 radical (unpaired) electrons. The van der Waals surface area contributed by atoms with Gasteiger partial charge in [0.05, 0.1) is 12.7 Å². The molecule has 1 atom stereocenters. The van der Waals surface area contributed by atoms with Crippen molar-refractivity contribution >= 4 is 22.8 Å². The molecule has 5 nitrogen and oxygen atoms in total. The summed E-state index contributed by atoms with van der Waals surface area (Å²) < 4.78 is 10.6. The minimum atomic E-state index is -0.750. The summed E-state index contributed by atoms with van der Waals surface area (Å²) >= 11 is 0. The summed E-state index contributed by atoms with van der Waals surface area (Å²) in [6, 6.07) is 16.0. The molecule has 0 aliphatic heterocycles. The van der Waals surface area contributed by atoms with Gasteiger partial charge in [0.1, 0.15) is 17.4 Å². The summed E-state index contributed by atoms with van der Waals surface area (Å²) in [6.07, 6.45) is 0. The molecular weight excluding hydrogens is 306 g/mol. The molecule has 0 spiro atoms. The number of hydrogen-bond donors (Lipinski definition) is 1. The molecule has 3 rings (SSSR count). The van der Waals surface area contributed by atoms with Crippen molar-refractivity contribution in [3.05, 3.63) is 60.2 Å². The first-order chi connectivity index (χ1) is 11.6. The van der Waals surface area contributed by atoms with Gasteiger partial charge in [-0.2, -0.15) is 0 Å². The van der Waals surface area contributed by atoms with Crippen LogP contribution < -0.4 is 5.32 Å². The van der Waals surface area contributed by atoms with Crippen LogP contribution in [0.15, 0.2) is 59.0 Å². The number of fused-ring (bicyclic) bond motifs is 1. The highest BCUT2D eigenvalue weighted by atomic mass is 16.5. The van der Waals surface area contributed by atoms with Crippen molar-refractivity contribution in [1.82, 2.24) is 5.32 Å². The number of esters is 1. The van der Waals surface area contributed by atoms with Crippen molar-refractivity contribution in [3.63, 3.8) is 0 Å². The molecule has 0 aliphatic carbocycles. The van der Waals surface area contributed by atoms with Gasteiger partial charge in [0.2, 0.25) is 0 Å². The molecule has 0 saturated carbocycles. The molecular formula is C19H17NO4. The normalized spacial score (nSPS) is 11.9. The first-order valence-electron chi connectivity index (χ1n) is 7.57. The molecule has 1 N–H and O–H groups in total. The van der Waals surface area contributed by atoms with Crippen LogP contribution in [0.2, 0.25) is 0 Å². The number of hydrogen-bond acceptors (Lipinski definition) is 4. The van der Waals surface area contributed by atoms with Gasteiger partial charge in [-0.15, -0.1) is 0 Å². The molecule has 1 aromatic heterocycles. The van der Waals surface area contributed by atoms with Crippen LogP contribution in [-0.4, -0.2) is 25.0 Å². The van der Waals surface area contributed by atoms with Gasteiger partial charge in [-0.3, -0.25) is 4.79 Å². The zero-order chi connectivity index (χ0) is 17.1. The van der Waals surface area contributed by atoms with Gasteiger partial charge in [-0.25, -0.2) is 4.79 Å². The van der Waals surface area contributed by atoms with Crippen LogP contribution in [0.1, 0.15) is 17.3 Å². The van der Waals surface area contributed by atoms with E-state index in [4.69, 9.17) is 4.42 Å². The number of para-hydroxylation sites is 1. The summed E-state index contributed by atoms with van der Waals surface area (Å²) in [4.78, 5) is 24.3. The lowest BCUT2D eigenvalue weighted by molar-refractivity contribution is -0.142. The van der Waals surface area contributed by atoms with E-state index in [-0.39, 0.29) is 5.91 Å². The van der Waals surface area contributed by atoms with Crippen LogP contribution in [0, 0.1) is 0 Å². The number of ether oxygens (including phenoxy) is 1. The Morgan fingerprint density at radius 1 is 1.04 bits per heavy atom. The van der Waals surface area contributed by atoms with Crippen LogP contribution >= 0.6 is 0 Å². The van der Waals surface area contributed by atoms with Gasteiger partial charge in [-0.1, -0.05) is 48.5 Å². The summed E-state index contributed by atoms with van der Waals surface area (Å²) in [5.41, 5.74) is 1.82. The molecule has 0 aliphatic rings. The highest BCUT2D eigenvalue weighted by molar-refractivity contribution is 6.11. The number of rotatable bonds is 4. The Kier molecular flexibility index (Phi) is 4.33. The molecule has 1 amide bonds. The van der Waals surface area contributed by atoms with Crippen molar-refractivity contribution in [3.8, 4) is 11.3 Å². The average molecular weight is 323 g/mol. The molecule has 122 valence electrons. The van der Waals surface area contributed by atoms with Crippen molar-refractivity contribution in [2.45, 2.75) is 13.0 Å². The highest BCUT2D eigenvalue weighted by Gasteiger charge is 2.24. The summed E-state index contributed by atoms with van der Waals surface area (Å²) in [5, 5.41) is 3.36. The van der Waals surface area contributed by atoms with Crippen LogP contribution in [0.25, 0.3) is 22.3 Å². The molecule has 0 fully saturated rings. The fourth-order valence-corrected chi connectivity index (χ4v) is 2.57. The Balaban J connectivity index is 2.08.